The van der Waals surface area contributed by atoms with E-state index in [-0.39, 0.29) is 11.7 Å². The fraction of sp³-hybridized carbons (Fsp3) is 0.440. The Labute approximate surface area is 213 Å². The third-order valence-corrected chi connectivity index (χ3v) is 8.45. The number of thiophene rings is 1. The number of nitriles is 1. The van der Waals surface area contributed by atoms with Gasteiger partial charge in [-0.25, -0.2) is 0 Å². The molecular weight excluding hydrogens is 482 g/mol. The molecule has 0 aliphatic heterocycles. The third kappa shape index (κ3) is 5.16. The molecule has 1 unspecified atom stereocenters. The molecule has 4 rings (SSSR count). The van der Waals surface area contributed by atoms with Gasteiger partial charge in [-0.3, -0.25) is 4.79 Å². The first-order chi connectivity index (χ1) is 17.0. The number of carbonyl (C=O) groups is 1. The zero-order valence-corrected chi connectivity index (χ0v) is 22.0. The van der Waals surface area contributed by atoms with Crippen molar-refractivity contribution in [3.05, 3.63) is 34.2 Å². The molecule has 0 saturated carbocycles. The highest BCUT2D eigenvalue weighted by Gasteiger charge is 2.26. The summed E-state index contributed by atoms with van der Waals surface area (Å²) in [5.41, 5.74) is 2.60. The van der Waals surface area contributed by atoms with Gasteiger partial charge in [0.15, 0.2) is 22.5 Å². The molecule has 8 nitrogen and oxygen atoms in total. The van der Waals surface area contributed by atoms with Crippen LogP contribution in [-0.4, -0.2) is 40.6 Å². The zero-order chi connectivity index (χ0) is 24.9. The molecule has 35 heavy (non-hydrogen) atoms. The van der Waals surface area contributed by atoms with Gasteiger partial charge < -0.3 is 19.4 Å². The Morgan fingerprint density at radius 2 is 2.09 bits per heavy atom. The number of hydrogen-bond acceptors (Lipinski definition) is 8. The van der Waals surface area contributed by atoms with Gasteiger partial charge in [-0.05, 0) is 55.9 Å². The van der Waals surface area contributed by atoms with Crippen molar-refractivity contribution in [2.24, 2.45) is 5.92 Å². The Morgan fingerprint density at radius 1 is 1.29 bits per heavy atom. The highest BCUT2D eigenvalue weighted by molar-refractivity contribution is 7.99. The highest BCUT2D eigenvalue weighted by Crippen LogP contribution is 2.40. The number of aromatic nitrogens is 3. The Kier molecular flexibility index (Phi) is 7.98. The average Bonchev–Trinajstić information content (AvgIpc) is 3.46. The van der Waals surface area contributed by atoms with Gasteiger partial charge >= 0.3 is 0 Å². The number of nitrogens with one attached hydrogen (secondary N) is 1. The SMILES string of the molecule is CCC1CCc2c(sc(NC(=O)CSc3nnc(-c4ccc(OC)c(OC)c4)n3CC)c2C#N)C1. The number of rotatable bonds is 9. The van der Waals surface area contributed by atoms with Crippen LogP contribution >= 0.6 is 23.1 Å². The lowest BCUT2D eigenvalue weighted by Crippen LogP contribution is -2.15. The van der Waals surface area contributed by atoms with E-state index in [4.69, 9.17) is 9.47 Å². The summed E-state index contributed by atoms with van der Waals surface area (Å²) in [5.74, 6) is 2.63. The first-order valence-electron chi connectivity index (χ1n) is 11.7. The Balaban J connectivity index is 1.47. The van der Waals surface area contributed by atoms with Crippen molar-refractivity contribution in [1.29, 1.82) is 5.26 Å². The van der Waals surface area contributed by atoms with Crippen LogP contribution in [0.4, 0.5) is 5.00 Å². The van der Waals surface area contributed by atoms with E-state index in [0.717, 1.165) is 36.8 Å². The van der Waals surface area contributed by atoms with Gasteiger partial charge in [0.1, 0.15) is 11.1 Å². The second kappa shape index (κ2) is 11.1. The number of hydrogen-bond donors (Lipinski definition) is 1. The monoisotopic (exact) mass is 511 g/mol. The van der Waals surface area contributed by atoms with Crippen LogP contribution in [0.25, 0.3) is 11.4 Å². The first kappa shape index (κ1) is 25.1. The van der Waals surface area contributed by atoms with Gasteiger partial charge in [0.2, 0.25) is 5.91 Å². The van der Waals surface area contributed by atoms with Crippen molar-refractivity contribution in [1.82, 2.24) is 14.8 Å². The molecule has 3 aromatic rings. The molecule has 1 amide bonds. The molecular formula is C25H29N5O3S2. The van der Waals surface area contributed by atoms with Gasteiger partial charge in [0.25, 0.3) is 0 Å². The second-order valence-electron chi connectivity index (χ2n) is 8.29. The summed E-state index contributed by atoms with van der Waals surface area (Å²) in [7, 11) is 3.19. The summed E-state index contributed by atoms with van der Waals surface area (Å²) >= 11 is 2.88. The molecule has 0 spiro atoms. The van der Waals surface area contributed by atoms with Crippen LogP contribution in [-0.2, 0) is 24.2 Å². The molecule has 0 radical (unpaired) electrons. The molecule has 1 N–H and O–H groups in total. The lowest BCUT2D eigenvalue weighted by atomic mass is 9.86. The Hall–Kier alpha value is -3.03. The minimum atomic E-state index is -0.157. The van der Waals surface area contributed by atoms with Gasteiger partial charge in [-0.15, -0.1) is 21.5 Å². The number of carbonyl (C=O) groups excluding carboxylic acids is 1. The molecule has 1 aliphatic rings. The number of anilines is 1. The van der Waals surface area contributed by atoms with E-state index < -0.39 is 0 Å². The lowest BCUT2D eigenvalue weighted by molar-refractivity contribution is -0.113. The normalized spacial score (nSPS) is 14.8. The summed E-state index contributed by atoms with van der Waals surface area (Å²) in [4.78, 5) is 14.0. The molecule has 1 aromatic carbocycles. The van der Waals surface area contributed by atoms with Crippen molar-refractivity contribution < 1.29 is 14.3 Å². The van der Waals surface area contributed by atoms with Gasteiger partial charge in [0.05, 0.1) is 25.5 Å². The van der Waals surface area contributed by atoms with Crippen LogP contribution in [0, 0.1) is 17.2 Å². The maximum absolute atomic E-state index is 12.8. The van der Waals surface area contributed by atoms with Crippen molar-refractivity contribution in [2.75, 3.05) is 25.3 Å². The van der Waals surface area contributed by atoms with Crippen molar-refractivity contribution in [3.63, 3.8) is 0 Å². The summed E-state index contributed by atoms with van der Waals surface area (Å²) < 4.78 is 12.7. The van der Waals surface area contributed by atoms with E-state index in [2.05, 4.69) is 28.5 Å². The fourth-order valence-corrected chi connectivity index (χ4v) is 6.50. The van der Waals surface area contributed by atoms with Crippen molar-refractivity contribution >= 4 is 34.0 Å². The predicted molar refractivity (Wildman–Crippen MR) is 138 cm³/mol. The van der Waals surface area contributed by atoms with E-state index in [1.165, 1.54) is 16.6 Å². The summed E-state index contributed by atoms with van der Waals surface area (Å²) in [6, 6.07) is 7.92. The van der Waals surface area contributed by atoms with Crippen LogP contribution in [0.15, 0.2) is 23.4 Å². The molecule has 2 heterocycles. The van der Waals surface area contributed by atoms with E-state index in [1.54, 1.807) is 25.6 Å². The molecule has 0 fully saturated rings. The highest BCUT2D eigenvalue weighted by atomic mass is 32.2. The van der Waals surface area contributed by atoms with E-state index in [9.17, 15) is 10.1 Å². The summed E-state index contributed by atoms with van der Waals surface area (Å²) in [5, 5.41) is 22.7. The van der Waals surface area contributed by atoms with Gasteiger partial charge in [-0.2, -0.15) is 5.26 Å². The number of ether oxygens (including phenoxy) is 2. The number of fused-ring (bicyclic) bond motifs is 1. The van der Waals surface area contributed by atoms with E-state index in [1.807, 2.05) is 29.7 Å². The van der Waals surface area contributed by atoms with E-state index >= 15 is 0 Å². The number of methoxy groups -OCH3 is 2. The number of nitrogens with zero attached hydrogens (tertiary/aromatic N) is 4. The fourth-order valence-electron chi connectivity index (χ4n) is 4.37. The number of amides is 1. The smallest absolute Gasteiger partial charge is 0.235 e. The van der Waals surface area contributed by atoms with Crippen molar-refractivity contribution in [2.45, 2.75) is 51.2 Å². The van der Waals surface area contributed by atoms with Crippen LogP contribution in [0.3, 0.4) is 0 Å². The maximum atomic E-state index is 12.8. The van der Waals surface area contributed by atoms with Crippen LogP contribution in [0.2, 0.25) is 0 Å². The molecule has 2 aromatic heterocycles. The molecule has 0 saturated heterocycles. The molecule has 10 heteroatoms. The largest absolute Gasteiger partial charge is 0.493 e. The maximum Gasteiger partial charge on any atom is 0.235 e. The van der Waals surface area contributed by atoms with Gasteiger partial charge in [0, 0.05) is 17.0 Å². The van der Waals surface area contributed by atoms with Crippen LogP contribution < -0.4 is 14.8 Å². The Morgan fingerprint density at radius 3 is 2.77 bits per heavy atom. The minimum Gasteiger partial charge on any atom is -0.493 e. The molecule has 1 atom stereocenters. The lowest BCUT2D eigenvalue weighted by Gasteiger charge is -2.20. The van der Waals surface area contributed by atoms with E-state index in [0.29, 0.717) is 45.5 Å². The minimum absolute atomic E-state index is 0.157. The molecule has 184 valence electrons. The Bertz CT molecular complexity index is 1260. The number of benzene rings is 1. The second-order valence-corrected chi connectivity index (χ2v) is 10.3. The summed E-state index contributed by atoms with van der Waals surface area (Å²) in [6.07, 6.45) is 4.15. The number of thioether (sulfide) groups is 1. The van der Waals surface area contributed by atoms with Gasteiger partial charge in [-0.1, -0.05) is 25.1 Å². The first-order valence-corrected chi connectivity index (χ1v) is 13.5. The zero-order valence-electron chi connectivity index (χ0n) is 20.4. The van der Waals surface area contributed by atoms with Crippen LogP contribution in [0.5, 0.6) is 11.5 Å². The van der Waals surface area contributed by atoms with Crippen molar-refractivity contribution in [3.8, 4) is 29.0 Å². The topological polar surface area (TPSA) is 102 Å². The molecule has 0 bridgehead atoms. The average molecular weight is 512 g/mol. The summed E-state index contributed by atoms with van der Waals surface area (Å²) in [6.45, 7) is 4.87. The molecule has 1 aliphatic carbocycles. The third-order valence-electron chi connectivity index (χ3n) is 6.32. The quantitative estimate of drug-likeness (QED) is 0.396. The van der Waals surface area contributed by atoms with Crippen LogP contribution in [0.1, 0.15) is 42.7 Å². The predicted octanol–water partition coefficient (Wildman–Crippen LogP) is 5.16. The standard InChI is InChI=1S/C25H29N5O3S2/c1-5-15-7-9-17-18(13-26)24(35-21(17)11-15)27-22(31)14-34-25-29-28-23(30(25)6-2)16-8-10-19(32-3)20(12-16)33-4/h8,10,12,15H,5-7,9,11,14H2,1-4H3,(H,27,31).